The first kappa shape index (κ1) is 36.4. The van der Waals surface area contributed by atoms with E-state index < -0.39 is 0 Å². The summed E-state index contributed by atoms with van der Waals surface area (Å²) in [6.07, 6.45) is 0. The Bertz CT molecular complexity index is 3620. The summed E-state index contributed by atoms with van der Waals surface area (Å²) >= 11 is 0. The third-order valence-corrected chi connectivity index (χ3v) is 12.3. The summed E-state index contributed by atoms with van der Waals surface area (Å²) < 4.78 is 4.76. The molecular weight excluding hydrogens is 767 g/mol. The maximum atomic E-state index is 5.32. The lowest BCUT2D eigenvalue weighted by Crippen LogP contribution is -2.04. The van der Waals surface area contributed by atoms with Crippen LogP contribution in [-0.4, -0.2) is 24.1 Å². The van der Waals surface area contributed by atoms with Crippen molar-refractivity contribution in [2.75, 3.05) is 0 Å². The van der Waals surface area contributed by atoms with E-state index in [1.165, 1.54) is 43.8 Å². The van der Waals surface area contributed by atoms with Gasteiger partial charge in [0.2, 0.25) is 0 Å². The SMILES string of the molecule is Cc1ccccc1-c1ccc2c(c1)c1ccccc1n2-c1ccc(-c2ccc3c4ccccc4n(-c4ccccc4)c3c2)cc1-c1nc(-c2ccccc2)nc(-c2ccccc2)n1. The molecule has 0 N–H and O–H groups in total. The minimum absolute atomic E-state index is 0.599. The van der Waals surface area contributed by atoms with Gasteiger partial charge in [0.05, 0.1) is 27.8 Å². The molecule has 0 saturated heterocycles. The van der Waals surface area contributed by atoms with E-state index in [-0.39, 0.29) is 0 Å². The second-order valence-corrected chi connectivity index (χ2v) is 16.1. The van der Waals surface area contributed by atoms with Crippen LogP contribution in [0.25, 0.3) is 111 Å². The Hall–Kier alpha value is -8.41. The molecule has 0 aliphatic heterocycles. The van der Waals surface area contributed by atoms with Crippen molar-refractivity contribution in [2.24, 2.45) is 0 Å². The molecule has 3 heterocycles. The van der Waals surface area contributed by atoms with Crippen LogP contribution in [-0.2, 0) is 0 Å². The molecule has 0 radical (unpaired) electrons. The Labute approximate surface area is 364 Å². The van der Waals surface area contributed by atoms with E-state index in [0.717, 1.165) is 55.7 Å². The highest BCUT2D eigenvalue weighted by molar-refractivity contribution is 6.12. The van der Waals surface area contributed by atoms with Gasteiger partial charge in [0, 0.05) is 43.9 Å². The van der Waals surface area contributed by atoms with Crippen LogP contribution >= 0.6 is 0 Å². The average molecular weight is 806 g/mol. The van der Waals surface area contributed by atoms with Crippen molar-refractivity contribution >= 4 is 43.6 Å². The van der Waals surface area contributed by atoms with Crippen LogP contribution in [0.2, 0.25) is 0 Å². The zero-order chi connectivity index (χ0) is 41.9. The van der Waals surface area contributed by atoms with Gasteiger partial charge in [-0.1, -0.05) is 164 Å². The Balaban J connectivity index is 1.13. The van der Waals surface area contributed by atoms with E-state index in [4.69, 9.17) is 15.0 Å². The van der Waals surface area contributed by atoms with Gasteiger partial charge in [-0.25, -0.2) is 15.0 Å². The second-order valence-electron chi connectivity index (χ2n) is 16.1. The van der Waals surface area contributed by atoms with Crippen LogP contribution in [0.4, 0.5) is 0 Å². The number of hydrogen-bond acceptors (Lipinski definition) is 3. The van der Waals surface area contributed by atoms with Crippen LogP contribution in [0.3, 0.4) is 0 Å². The van der Waals surface area contributed by atoms with E-state index >= 15 is 0 Å². The largest absolute Gasteiger partial charge is 0.309 e. The summed E-state index contributed by atoms with van der Waals surface area (Å²) in [5.74, 6) is 1.84. The highest BCUT2D eigenvalue weighted by atomic mass is 15.1. The predicted octanol–water partition coefficient (Wildman–Crippen LogP) is 14.7. The molecule has 0 aliphatic carbocycles. The summed E-state index contributed by atoms with van der Waals surface area (Å²) in [7, 11) is 0. The number of nitrogens with zero attached hydrogens (tertiary/aromatic N) is 5. The first-order valence-electron chi connectivity index (χ1n) is 21.4. The monoisotopic (exact) mass is 805 g/mol. The van der Waals surface area contributed by atoms with E-state index in [0.29, 0.717) is 17.5 Å². The van der Waals surface area contributed by atoms with Crippen molar-refractivity contribution in [2.45, 2.75) is 6.92 Å². The summed E-state index contributed by atoms with van der Waals surface area (Å²) in [5, 5.41) is 4.81. The molecular formula is C58H39N5. The fraction of sp³-hybridized carbons (Fsp3) is 0.0172. The molecule has 0 spiro atoms. The van der Waals surface area contributed by atoms with Crippen molar-refractivity contribution in [3.8, 4) is 67.8 Å². The molecule has 5 heteroatoms. The molecule has 0 atom stereocenters. The normalized spacial score (nSPS) is 11.6. The van der Waals surface area contributed by atoms with Crippen molar-refractivity contribution in [1.29, 1.82) is 0 Å². The topological polar surface area (TPSA) is 48.5 Å². The standard InChI is InChI=1S/C58H39N5/c1-38-17-11-12-24-45(38)43-31-34-53-49(36-43)47-26-14-16-28-52(47)63(53)54-33-30-41(42-29-32-48-46-25-13-15-27-51(46)62(55(48)37-42)44-22-9-4-10-23-44)35-50(54)58-60-56(39-18-5-2-6-19-39)59-57(61-58)40-20-7-3-8-21-40/h2-37H,1H3. The van der Waals surface area contributed by atoms with Crippen molar-refractivity contribution in [3.63, 3.8) is 0 Å². The molecule has 12 rings (SSSR count). The third kappa shape index (κ3) is 6.21. The van der Waals surface area contributed by atoms with Gasteiger partial charge in [0.25, 0.3) is 0 Å². The maximum absolute atomic E-state index is 5.32. The summed E-state index contributed by atoms with van der Waals surface area (Å²) in [6, 6.07) is 77.5. The molecule has 0 aliphatic rings. The molecule has 3 aromatic heterocycles. The van der Waals surface area contributed by atoms with E-state index in [1.54, 1.807) is 0 Å². The zero-order valence-corrected chi connectivity index (χ0v) is 34.5. The zero-order valence-electron chi connectivity index (χ0n) is 34.5. The Morgan fingerprint density at radius 2 is 0.810 bits per heavy atom. The molecule has 0 amide bonds. The average Bonchev–Trinajstić information content (AvgIpc) is 3.87. The Morgan fingerprint density at radius 1 is 0.302 bits per heavy atom. The van der Waals surface area contributed by atoms with Crippen LogP contribution in [0.1, 0.15) is 5.56 Å². The van der Waals surface area contributed by atoms with Crippen molar-refractivity contribution < 1.29 is 0 Å². The third-order valence-electron chi connectivity index (χ3n) is 12.3. The maximum Gasteiger partial charge on any atom is 0.166 e. The molecule has 0 fully saturated rings. The highest BCUT2D eigenvalue weighted by Gasteiger charge is 2.22. The lowest BCUT2D eigenvalue weighted by atomic mass is 9.98. The molecule has 296 valence electrons. The van der Waals surface area contributed by atoms with Crippen molar-refractivity contribution in [1.82, 2.24) is 24.1 Å². The van der Waals surface area contributed by atoms with Gasteiger partial charge >= 0.3 is 0 Å². The fourth-order valence-corrected chi connectivity index (χ4v) is 9.32. The minimum Gasteiger partial charge on any atom is -0.309 e. The van der Waals surface area contributed by atoms with E-state index in [1.807, 2.05) is 36.4 Å². The number of fused-ring (bicyclic) bond motifs is 6. The molecule has 12 aromatic rings. The quantitative estimate of drug-likeness (QED) is 0.161. The molecule has 0 unspecified atom stereocenters. The van der Waals surface area contributed by atoms with Crippen molar-refractivity contribution in [3.05, 3.63) is 224 Å². The number of para-hydroxylation sites is 3. The van der Waals surface area contributed by atoms with Crippen LogP contribution in [0, 0.1) is 6.92 Å². The molecule has 63 heavy (non-hydrogen) atoms. The number of aromatic nitrogens is 5. The van der Waals surface area contributed by atoms with Crippen LogP contribution in [0.15, 0.2) is 218 Å². The highest BCUT2D eigenvalue weighted by Crippen LogP contribution is 2.41. The lowest BCUT2D eigenvalue weighted by molar-refractivity contribution is 1.06. The molecule has 9 aromatic carbocycles. The number of benzene rings is 9. The van der Waals surface area contributed by atoms with E-state index in [2.05, 4.69) is 198 Å². The fourth-order valence-electron chi connectivity index (χ4n) is 9.32. The Morgan fingerprint density at radius 3 is 1.51 bits per heavy atom. The number of aryl methyl sites for hydroxylation is 1. The second kappa shape index (κ2) is 14.9. The first-order chi connectivity index (χ1) is 31.2. The van der Waals surface area contributed by atoms with Crippen LogP contribution < -0.4 is 0 Å². The summed E-state index contributed by atoms with van der Waals surface area (Å²) in [4.78, 5) is 15.7. The molecule has 0 saturated carbocycles. The van der Waals surface area contributed by atoms with Gasteiger partial charge in [-0.2, -0.15) is 0 Å². The van der Waals surface area contributed by atoms with Crippen LogP contribution in [0.5, 0.6) is 0 Å². The summed E-state index contributed by atoms with van der Waals surface area (Å²) in [5.41, 5.74) is 15.2. The Kier molecular flexibility index (Phi) is 8.64. The predicted molar refractivity (Wildman–Crippen MR) is 260 cm³/mol. The van der Waals surface area contributed by atoms with Gasteiger partial charge < -0.3 is 9.13 Å². The first-order valence-corrected chi connectivity index (χ1v) is 21.4. The van der Waals surface area contributed by atoms with Gasteiger partial charge in [0.1, 0.15) is 0 Å². The smallest absolute Gasteiger partial charge is 0.166 e. The van der Waals surface area contributed by atoms with E-state index in [9.17, 15) is 0 Å². The lowest BCUT2D eigenvalue weighted by Gasteiger charge is -2.17. The molecule has 0 bridgehead atoms. The number of rotatable bonds is 7. The summed E-state index contributed by atoms with van der Waals surface area (Å²) in [6.45, 7) is 2.18. The molecule has 5 nitrogen and oxygen atoms in total. The van der Waals surface area contributed by atoms with Gasteiger partial charge in [-0.05, 0) is 89.3 Å². The van der Waals surface area contributed by atoms with Gasteiger partial charge in [-0.15, -0.1) is 0 Å². The minimum atomic E-state index is 0.599. The van der Waals surface area contributed by atoms with Gasteiger partial charge in [-0.3, -0.25) is 0 Å². The van der Waals surface area contributed by atoms with Gasteiger partial charge in [0.15, 0.2) is 17.5 Å². The number of hydrogen-bond donors (Lipinski definition) is 0.